The van der Waals surface area contributed by atoms with Crippen molar-refractivity contribution in [3.8, 4) is 0 Å². The number of nitrogens with zero attached hydrogens (tertiary/aromatic N) is 1. The molecule has 0 saturated carbocycles. The van der Waals surface area contributed by atoms with Gasteiger partial charge in [-0.2, -0.15) is 13.2 Å². The fraction of sp³-hybridized carbons (Fsp3) is 0.368. The summed E-state index contributed by atoms with van der Waals surface area (Å²) in [4.78, 5) is 15.7. The molecule has 1 heterocycles. The van der Waals surface area contributed by atoms with Crippen LogP contribution in [0, 0.1) is 11.7 Å². The molecule has 1 saturated heterocycles. The first-order chi connectivity index (χ1) is 14.1. The van der Waals surface area contributed by atoms with Gasteiger partial charge in [-0.05, 0) is 37.0 Å². The monoisotopic (exact) mass is 448 g/mol. The fourth-order valence-corrected chi connectivity index (χ4v) is 2.91. The number of hydrogen-bond acceptors (Lipinski definition) is 5. The van der Waals surface area contributed by atoms with Crippen LogP contribution >= 0.6 is 11.6 Å². The summed E-state index contributed by atoms with van der Waals surface area (Å²) in [5, 5.41) is 4.90. The lowest BCUT2D eigenvalue weighted by Crippen LogP contribution is -2.38. The maximum Gasteiger partial charge on any atom is 0.434 e. The summed E-state index contributed by atoms with van der Waals surface area (Å²) in [5.74, 6) is -2.26. The van der Waals surface area contributed by atoms with E-state index in [2.05, 4.69) is 22.2 Å². The molecule has 0 spiro atoms. The highest BCUT2D eigenvalue weighted by Crippen LogP contribution is 2.25. The zero-order valence-electron chi connectivity index (χ0n) is 15.9. The molecule has 0 aromatic heterocycles. The number of hydrogen-bond donors (Lipinski definition) is 3. The van der Waals surface area contributed by atoms with Crippen LogP contribution in [0.4, 0.5) is 23.2 Å². The number of carbonyl (C=O) groups is 1. The highest BCUT2D eigenvalue weighted by molar-refractivity contribution is 6.30. The summed E-state index contributed by atoms with van der Waals surface area (Å²) in [7, 11) is 0. The highest BCUT2D eigenvalue weighted by atomic mass is 35.5. The first-order valence-electron chi connectivity index (χ1n) is 8.97. The molecule has 0 aliphatic carbocycles. The van der Waals surface area contributed by atoms with E-state index in [1.54, 1.807) is 0 Å². The minimum Gasteiger partial charge on any atom is -0.404 e. The maximum absolute atomic E-state index is 13.8. The van der Waals surface area contributed by atoms with E-state index in [9.17, 15) is 22.4 Å². The SMILES string of the molecule is C=C(/N=C(\C(=C/N)C(=O)NCC1CCOCC1)C(F)(F)F)Nc1cc(Cl)ccc1F. The van der Waals surface area contributed by atoms with Crippen molar-refractivity contribution >= 4 is 28.9 Å². The molecular weight excluding hydrogens is 428 g/mol. The molecule has 1 amide bonds. The molecule has 0 radical (unpaired) electrons. The Hall–Kier alpha value is -2.59. The van der Waals surface area contributed by atoms with Gasteiger partial charge in [0, 0.05) is 31.0 Å². The summed E-state index contributed by atoms with van der Waals surface area (Å²) in [6.45, 7) is 4.58. The first-order valence-corrected chi connectivity index (χ1v) is 9.34. The van der Waals surface area contributed by atoms with E-state index < -0.39 is 35.0 Å². The molecule has 0 bridgehead atoms. The Bertz CT molecular complexity index is 849. The minimum atomic E-state index is -5.02. The Morgan fingerprint density at radius 3 is 2.63 bits per heavy atom. The standard InChI is InChI=1S/C19H21ClF4N4O2/c1-11(27-16-8-13(20)2-3-15(16)21)28-17(19(22,23)24)14(9-25)18(29)26-10-12-4-6-30-7-5-12/h2-3,8-9,12,27H,1,4-7,10,25H2,(H,26,29)/b14-9+,28-17+. The molecular formula is C19H21ClF4N4O2. The number of amides is 1. The van der Waals surface area contributed by atoms with E-state index in [1.807, 2.05) is 0 Å². The number of alkyl halides is 3. The van der Waals surface area contributed by atoms with Gasteiger partial charge in [0.2, 0.25) is 0 Å². The summed E-state index contributed by atoms with van der Waals surface area (Å²) in [6, 6.07) is 3.46. The molecule has 2 rings (SSSR count). The number of ether oxygens (including phenoxy) is 1. The Labute approximate surface area is 175 Å². The van der Waals surface area contributed by atoms with Crippen LogP contribution in [0.2, 0.25) is 5.02 Å². The van der Waals surface area contributed by atoms with Crippen LogP contribution in [0.1, 0.15) is 12.8 Å². The second-order valence-corrected chi connectivity index (χ2v) is 6.94. The van der Waals surface area contributed by atoms with Crippen LogP contribution in [-0.2, 0) is 9.53 Å². The molecule has 1 aromatic rings. The quantitative estimate of drug-likeness (QED) is 0.337. The Morgan fingerprint density at radius 2 is 2.03 bits per heavy atom. The molecule has 1 fully saturated rings. The third kappa shape index (κ3) is 6.74. The van der Waals surface area contributed by atoms with Crippen molar-refractivity contribution in [1.82, 2.24) is 5.32 Å². The molecule has 1 aliphatic rings. The van der Waals surface area contributed by atoms with Crippen LogP contribution in [-0.4, -0.2) is 37.6 Å². The fourth-order valence-electron chi connectivity index (χ4n) is 2.73. The molecule has 11 heteroatoms. The van der Waals surface area contributed by atoms with Crippen LogP contribution in [0.25, 0.3) is 0 Å². The molecule has 1 aromatic carbocycles. The number of benzene rings is 1. The largest absolute Gasteiger partial charge is 0.434 e. The van der Waals surface area contributed by atoms with E-state index in [0.29, 0.717) is 32.3 Å². The normalized spacial score (nSPS) is 16.3. The Kier molecular flexibility index (Phi) is 8.24. The van der Waals surface area contributed by atoms with Crippen LogP contribution in [0.5, 0.6) is 0 Å². The molecule has 0 atom stereocenters. The van der Waals surface area contributed by atoms with Crippen LogP contribution < -0.4 is 16.4 Å². The number of nitrogens with one attached hydrogen (secondary N) is 2. The van der Waals surface area contributed by atoms with Gasteiger partial charge in [0.05, 0.1) is 11.3 Å². The van der Waals surface area contributed by atoms with Gasteiger partial charge in [-0.15, -0.1) is 0 Å². The van der Waals surface area contributed by atoms with Crippen molar-refractivity contribution in [2.24, 2.45) is 16.6 Å². The number of aliphatic imine (C=N–C) groups is 1. The average molecular weight is 449 g/mol. The molecule has 1 aliphatic heterocycles. The Morgan fingerprint density at radius 1 is 1.37 bits per heavy atom. The van der Waals surface area contributed by atoms with Gasteiger partial charge in [-0.25, -0.2) is 9.38 Å². The lowest BCUT2D eigenvalue weighted by molar-refractivity contribution is -0.118. The van der Waals surface area contributed by atoms with Gasteiger partial charge < -0.3 is 21.1 Å². The maximum atomic E-state index is 13.8. The molecule has 6 nitrogen and oxygen atoms in total. The summed E-state index contributed by atoms with van der Waals surface area (Å²) >= 11 is 5.75. The number of halogens is 5. The first kappa shape index (κ1) is 23.7. The van der Waals surface area contributed by atoms with Gasteiger partial charge in [0.25, 0.3) is 5.91 Å². The predicted octanol–water partition coefficient (Wildman–Crippen LogP) is 3.75. The van der Waals surface area contributed by atoms with Crippen molar-refractivity contribution in [3.63, 3.8) is 0 Å². The summed E-state index contributed by atoms with van der Waals surface area (Å²) in [6.07, 6.45) is -3.11. The molecule has 4 N–H and O–H groups in total. The van der Waals surface area contributed by atoms with E-state index >= 15 is 0 Å². The smallest absolute Gasteiger partial charge is 0.404 e. The zero-order chi connectivity index (χ0) is 22.3. The molecule has 30 heavy (non-hydrogen) atoms. The van der Waals surface area contributed by atoms with E-state index in [1.165, 1.54) is 6.07 Å². The van der Waals surface area contributed by atoms with Crippen molar-refractivity contribution in [2.45, 2.75) is 19.0 Å². The average Bonchev–Trinajstić information content (AvgIpc) is 2.69. The van der Waals surface area contributed by atoms with Gasteiger partial charge in [-0.1, -0.05) is 18.2 Å². The Balaban J connectivity index is 2.18. The van der Waals surface area contributed by atoms with E-state index in [-0.39, 0.29) is 23.2 Å². The zero-order valence-corrected chi connectivity index (χ0v) is 16.6. The topological polar surface area (TPSA) is 88.7 Å². The van der Waals surface area contributed by atoms with E-state index in [0.717, 1.165) is 12.1 Å². The van der Waals surface area contributed by atoms with Crippen molar-refractivity contribution in [3.05, 3.63) is 53.2 Å². The van der Waals surface area contributed by atoms with E-state index in [4.69, 9.17) is 22.1 Å². The van der Waals surface area contributed by atoms with Gasteiger partial charge in [0.1, 0.15) is 11.6 Å². The van der Waals surface area contributed by atoms with Crippen molar-refractivity contribution in [1.29, 1.82) is 0 Å². The van der Waals surface area contributed by atoms with Gasteiger partial charge in [-0.3, -0.25) is 4.79 Å². The van der Waals surface area contributed by atoms with Gasteiger partial charge in [0.15, 0.2) is 5.71 Å². The second-order valence-electron chi connectivity index (χ2n) is 6.50. The van der Waals surface area contributed by atoms with Crippen LogP contribution in [0.3, 0.4) is 0 Å². The summed E-state index contributed by atoms with van der Waals surface area (Å²) in [5.41, 5.74) is 2.65. The van der Waals surface area contributed by atoms with Gasteiger partial charge >= 0.3 is 6.18 Å². The third-order valence-electron chi connectivity index (χ3n) is 4.28. The van der Waals surface area contributed by atoms with Crippen molar-refractivity contribution < 1.29 is 27.1 Å². The third-order valence-corrected chi connectivity index (χ3v) is 4.52. The lowest BCUT2D eigenvalue weighted by Gasteiger charge is -2.22. The number of anilines is 1. The second kappa shape index (κ2) is 10.4. The van der Waals surface area contributed by atoms with Crippen molar-refractivity contribution in [2.75, 3.05) is 25.1 Å². The number of carbonyl (C=O) groups excluding carboxylic acids is 1. The highest BCUT2D eigenvalue weighted by Gasteiger charge is 2.40. The number of nitrogens with two attached hydrogens (primary N) is 1. The molecule has 164 valence electrons. The van der Waals surface area contributed by atoms with Crippen LogP contribution in [0.15, 0.2) is 47.4 Å². The lowest BCUT2D eigenvalue weighted by atomic mass is 10.00. The minimum absolute atomic E-state index is 0.0930. The predicted molar refractivity (Wildman–Crippen MR) is 106 cm³/mol. The number of rotatable bonds is 7. The summed E-state index contributed by atoms with van der Waals surface area (Å²) < 4.78 is 59.7. The molecule has 0 unspecified atom stereocenters.